The van der Waals surface area contributed by atoms with E-state index in [2.05, 4.69) is 23.6 Å². The maximum absolute atomic E-state index is 5.43. The summed E-state index contributed by atoms with van der Waals surface area (Å²) in [6.07, 6.45) is 2.86. The van der Waals surface area contributed by atoms with Crippen LogP contribution in [0.5, 0.6) is 0 Å². The zero-order valence-corrected chi connectivity index (χ0v) is 12.4. The third-order valence-corrected chi connectivity index (χ3v) is 4.01. The first kappa shape index (κ1) is 15.2. The normalized spacial score (nSPS) is 26.2. The van der Waals surface area contributed by atoms with Gasteiger partial charge < -0.3 is 9.47 Å². The van der Waals surface area contributed by atoms with Gasteiger partial charge in [-0.15, -0.1) is 0 Å². The number of morpholine rings is 2. The van der Waals surface area contributed by atoms with Crippen molar-refractivity contribution in [1.29, 1.82) is 0 Å². The Bertz CT molecular complexity index is 217. The first-order valence-electron chi connectivity index (χ1n) is 7.68. The zero-order valence-electron chi connectivity index (χ0n) is 12.4. The molecule has 2 unspecified atom stereocenters. The van der Waals surface area contributed by atoms with E-state index in [1.807, 2.05) is 0 Å². The van der Waals surface area contributed by atoms with Gasteiger partial charge >= 0.3 is 0 Å². The Kier molecular flexibility index (Phi) is 6.53. The molecule has 0 aromatic carbocycles. The first-order chi connectivity index (χ1) is 9.35. The third kappa shape index (κ3) is 4.39. The van der Waals surface area contributed by atoms with Gasteiger partial charge in [0, 0.05) is 26.2 Å². The lowest BCUT2D eigenvalue weighted by molar-refractivity contribution is -0.0265. The largest absolute Gasteiger partial charge is 0.379 e. The van der Waals surface area contributed by atoms with E-state index >= 15 is 0 Å². The second kappa shape index (κ2) is 8.17. The molecule has 1 radical (unpaired) electrons. The fourth-order valence-electron chi connectivity index (χ4n) is 2.87. The highest BCUT2D eigenvalue weighted by Crippen LogP contribution is 2.12. The molecule has 2 atom stereocenters. The molecule has 0 aromatic rings. The maximum atomic E-state index is 5.43. The molecular weight excluding hydrogens is 242 g/mol. The summed E-state index contributed by atoms with van der Waals surface area (Å²) in [7, 11) is 0. The zero-order chi connectivity index (χ0) is 13.5. The van der Waals surface area contributed by atoms with E-state index in [0.29, 0.717) is 12.3 Å². The summed E-state index contributed by atoms with van der Waals surface area (Å²) in [5.74, 6) is 0. The Balaban J connectivity index is 1.86. The Morgan fingerprint density at radius 2 is 1.16 bits per heavy atom. The molecule has 0 aromatic heterocycles. The summed E-state index contributed by atoms with van der Waals surface area (Å²) in [6.45, 7) is 11.9. The highest BCUT2D eigenvalue weighted by molar-refractivity contribution is 4.77. The van der Waals surface area contributed by atoms with E-state index in [4.69, 9.17) is 14.8 Å². The fourth-order valence-corrected chi connectivity index (χ4v) is 2.87. The van der Waals surface area contributed by atoms with E-state index < -0.39 is 0 Å². The van der Waals surface area contributed by atoms with Crippen molar-refractivity contribution in [2.24, 2.45) is 0 Å². The van der Waals surface area contributed by atoms with Gasteiger partial charge in [-0.3, -0.25) is 9.80 Å². The Morgan fingerprint density at radius 1 is 0.789 bits per heavy atom. The summed E-state index contributed by atoms with van der Waals surface area (Å²) in [4.78, 5) is 4.93. The van der Waals surface area contributed by atoms with E-state index in [0.717, 1.165) is 65.4 Å². The van der Waals surface area contributed by atoms with Crippen molar-refractivity contribution in [3.8, 4) is 0 Å². The summed E-state index contributed by atoms with van der Waals surface area (Å²) >= 11 is 0. The van der Waals surface area contributed by atoms with Gasteiger partial charge in [0.15, 0.2) is 0 Å². The number of nitrogens with zero attached hydrogens (tertiary/aromatic N) is 3. The lowest BCUT2D eigenvalue weighted by Gasteiger charge is -2.39. The van der Waals surface area contributed by atoms with Gasteiger partial charge in [-0.25, -0.2) is 5.32 Å². The standard InChI is InChI=1S/C14H28N3O2/c1-3-13(16-5-9-18-10-6-16)15-14(4-2)17-7-11-19-12-8-17/h13-14H,3-12H2,1-2H3. The number of hydrogen-bond acceptors (Lipinski definition) is 4. The smallest absolute Gasteiger partial charge is 0.0778 e. The molecule has 0 saturated carbocycles. The van der Waals surface area contributed by atoms with Crippen LogP contribution in [0.15, 0.2) is 0 Å². The van der Waals surface area contributed by atoms with E-state index in [9.17, 15) is 0 Å². The lowest BCUT2D eigenvalue weighted by atomic mass is 10.2. The highest BCUT2D eigenvalue weighted by atomic mass is 16.5. The minimum atomic E-state index is 0.344. The Labute approximate surface area is 117 Å². The molecule has 5 nitrogen and oxygen atoms in total. The topological polar surface area (TPSA) is 39.0 Å². The molecule has 2 heterocycles. The SMILES string of the molecule is CCC([N]C(CC)N1CCOCC1)N1CCOCC1. The van der Waals surface area contributed by atoms with Gasteiger partial charge in [-0.2, -0.15) is 0 Å². The highest BCUT2D eigenvalue weighted by Gasteiger charge is 2.26. The van der Waals surface area contributed by atoms with Crippen molar-refractivity contribution in [2.75, 3.05) is 52.6 Å². The third-order valence-electron chi connectivity index (χ3n) is 4.01. The predicted octanol–water partition coefficient (Wildman–Crippen LogP) is 0.727. The van der Waals surface area contributed by atoms with Crippen molar-refractivity contribution in [3.63, 3.8) is 0 Å². The van der Waals surface area contributed by atoms with Crippen LogP contribution in [0, 0.1) is 0 Å². The molecular formula is C14H28N3O2. The fraction of sp³-hybridized carbons (Fsp3) is 1.00. The predicted molar refractivity (Wildman–Crippen MR) is 75.1 cm³/mol. The summed E-state index contributed by atoms with van der Waals surface area (Å²) in [5, 5.41) is 5.10. The Hall–Kier alpha value is -0.200. The second-order valence-electron chi connectivity index (χ2n) is 5.22. The van der Waals surface area contributed by atoms with Crippen LogP contribution in [-0.4, -0.2) is 74.7 Å². The molecule has 2 aliphatic heterocycles. The van der Waals surface area contributed by atoms with Crippen LogP contribution in [0.1, 0.15) is 26.7 Å². The van der Waals surface area contributed by atoms with Crippen LogP contribution in [0.3, 0.4) is 0 Å². The molecule has 0 amide bonds. The van der Waals surface area contributed by atoms with Gasteiger partial charge in [0.25, 0.3) is 0 Å². The monoisotopic (exact) mass is 270 g/mol. The van der Waals surface area contributed by atoms with Crippen molar-refractivity contribution in [3.05, 3.63) is 0 Å². The second-order valence-corrected chi connectivity index (χ2v) is 5.22. The lowest BCUT2D eigenvalue weighted by Crippen LogP contribution is -2.55. The quantitative estimate of drug-likeness (QED) is 0.713. The first-order valence-corrected chi connectivity index (χ1v) is 7.68. The molecule has 2 fully saturated rings. The molecule has 2 aliphatic rings. The number of ether oxygens (including phenoxy) is 2. The van der Waals surface area contributed by atoms with E-state index in [1.54, 1.807) is 0 Å². The molecule has 111 valence electrons. The van der Waals surface area contributed by atoms with Gasteiger partial charge in [-0.05, 0) is 12.8 Å². The average molecular weight is 270 g/mol. The summed E-state index contributed by atoms with van der Waals surface area (Å²) in [5.41, 5.74) is 0. The van der Waals surface area contributed by atoms with Crippen LogP contribution in [0.25, 0.3) is 0 Å². The van der Waals surface area contributed by atoms with Crippen LogP contribution in [0.4, 0.5) is 0 Å². The molecule has 0 bridgehead atoms. The molecule has 0 spiro atoms. The molecule has 0 N–H and O–H groups in total. The minimum Gasteiger partial charge on any atom is -0.379 e. The van der Waals surface area contributed by atoms with Crippen molar-refractivity contribution >= 4 is 0 Å². The maximum Gasteiger partial charge on any atom is 0.0778 e. The van der Waals surface area contributed by atoms with Gasteiger partial charge in [0.05, 0.1) is 38.8 Å². The summed E-state index contributed by atoms with van der Waals surface area (Å²) in [6, 6.07) is 0. The van der Waals surface area contributed by atoms with Crippen molar-refractivity contribution in [1.82, 2.24) is 15.1 Å². The Morgan fingerprint density at radius 3 is 1.47 bits per heavy atom. The van der Waals surface area contributed by atoms with Crippen LogP contribution < -0.4 is 5.32 Å². The van der Waals surface area contributed by atoms with Crippen LogP contribution in [-0.2, 0) is 9.47 Å². The van der Waals surface area contributed by atoms with Crippen LogP contribution >= 0.6 is 0 Å². The van der Waals surface area contributed by atoms with Gasteiger partial charge in [0.1, 0.15) is 0 Å². The summed E-state index contributed by atoms with van der Waals surface area (Å²) < 4.78 is 10.9. The number of rotatable bonds is 6. The molecule has 2 rings (SSSR count). The van der Waals surface area contributed by atoms with E-state index in [1.165, 1.54) is 0 Å². The minimum absolute atomic E-state index is 0.344. The number of hydrogen-bond donors (Lipinski definition) is 0. The average Bonchev–Trinajstić information content (AvgIpc) is 2.50. The molecule has 19 heavy (non-hydrogen) atoms. The van der Waals surface area contributed by atoms with Crippen molar-refractivity contribution in [2.45, 2.75) is 39.0 Å². The van der Waals surface area contributed by atoms with Gasteiger partial charge in [0.2, 0.25) is 0 Å². The molecule has 0 aliphatic carbocycles. The van der Waals surface area contributed by atoms with Gasteiger partial charge in [-0.1, -0.05) is 13.8 Å². The molecule has 5 heteroatoms. The van der Waals surface area contributed by atoms with E-state index in [-0.39, 0.29) is 0 Å². The van der Waals surface area contributed by atoms with Crippen molar-refractivity contribution < 1.29 is 9.47 Å². The molecule has 2 saturated heterocycles. The van der Waals surface area contributed by atoms with Crippen LogP contribution in [0.2, 0.25) is 0 Å².